The van der Waals surface area contributed by atoms with Crippen LogP contribution in [0.3, 0.4) is 0 Å². The van der Waals surface area contributed by atoms with Crippen molar-refractivity contribution in [3.8, 4) is 0 Å². The van der Waals surface area contributed by atoms with Gasteiger partial charge < -0.3 is 28.7 Å². The monoisotopic (exact) mass is 241 g/mol. The van der Waals surface area contributed by atoms with Gasteiger partial charge in [-0.05, 0) is 0 Å². The van der Waals surface area contributed by atoms with E-state index in [1.807, 2.05) is 0 Å². The van der Waals surface area contributed by atoms with Crippen LogP contribution in [0.1, 0.15) is 0 Å². The quantitative estimate of drug-likeness (QED) is 0.398. The summed E-state index contributed by atoms with van der Waals surface area (Å²) in [6.07, 6.45) is 0. The Hall–Kier alpha value is 0.830. The average molecular weight is 241 g/mol. The molecule has 0 aliphatic heterocycles. The van der Waals surface area contributed by atoms with Gasteiger partial charge in [0.2, 0.25) is 0 Å². The molecule has 0 aromatic rings. The molecule has 0 heterocycles. The van der Waals surface area contributed by atoms with Gasteiger partial charge in [-0.15, -0.1) is 0 Å². The van der Waals surface area contributed by atoms with E-state index in [4.69, 9.17) is 20.1 Å². The molecule has 0 fully saturated rings. The van der Waals surface area contributed by atoms with E-state index in [1.165, 1.54) is 0 Å². The molecule has 10 heteroatoms. The van der Waals surface area contributed by atoms with Gasteiger partial charge in [0.05, 0.1) is 0 Å². The van der Waals surface area contributed by atoms with Crippen LogP contribution in [0, 0.1) is 0 Å². The molecule has 0 rings (SSSR count). The minimum Gasteiger partial charge on any atom is -0.867 e. The van der Waals surface area contributed by atoms with Crippen molar-refractivity contribution < 1.29 is 62.0 Å². The molecule has 0 spiro atoms. The minimum atomic E-state index is -3.17. The second kappa shape index (κ2) is 16.4. The molecule has 0 atom stereocenters. The summed E-state index contributed by atoms with van der Waals surface area (Å²) in [5.41, 5.74) is 0. The Kier molecular flexibility index (Phi) is 36.9. The van der Waals surface area contributed by atoms with Crippen LogP contribution in [0.2, 0.25) is 0 Å². The Morgan fingerprint density at radius 1 is 0.800 bits per heavy atom. The van der Waals surface area contributed by atoms with Gasteiger partial charge in [-0.1, -0.05) is 0 Å². The van der Waals surface area contributed by atoms with E-state index < -0.39 is 14.8 Å². The van der Waals surface area contributed by atoms with E-state index in [-0.39, 0.29) is 33.3 Å². The van der Waals surface area contributed by atoms with Crippen molar-refractivity contribution in [1.82, 2.24) is 0 Å². The molecular formula is B2CoF2NiO4. The molecule has 1 radical (unpaired) electrons. The Balaban J connectivity index is -0.0000000300. The fourth-order valence-electron chi connectivity index (χ4n) is 0. The van der Waals surface area contributed by atoms with Crippen LogP contribution in [0.5, 0.6) is 0 Å². The zero-order valence-corrected chi connectivity index (χ0v) is 6.22. The van der Waals surface area contributed by atoms with Gasteiger partial charge >= 0.3 is 33.3 Å². The van der Waals surface area contributed by atoms with Crippen molar-refractivity contribution in [2.45, 2.75) is 0 Å². The summed E-state index contributed by atoms with van der Waals surface area (Å²) in [5, 5.41) is 33.2. The molecule has 4 nitrogen and oxygen atoms in total. The molecule has 63 valence electrons. The number of hydrogen-bond acceptors (Lipinski definition) is 4. The van der Waals surface area contributed by atoms with Crippen molar-refractivity contribution >= 4 is 14.8 Å². The first kappa shape index (κ1) is 22.4. The Bertz CT molecular complexity index is 36.7. The molecule has 0 saturated heterocycles. The topological polar surface area (TPSA) is 92.2 Å². The molecule has 0 unspecified atom stereocenters. The summed E-state index contributed by atoms with van der Waals surface area (Å²) in [6, 6.07) is 0. The average Bonchev–Trinajstić information content (AvgIpc) is 1.25. The fourth-order valence-corrected chi connectivity index (χ4v) is 0. The number of hydrogen-bond donors (Lipinski definition) is 0. The molecule has 0 saturated carbocycles. The third-order valence-electron chi connectivity index (χ3n) is 0. The van der Waals surface area contributed by atoms with Crippen molar-refractivity contribution in [1.29, 1.82) is 0 Å². The van der Waals surface area contributed by atoms with E-state index in [0.717, 1.165) is 0 Å². The maximum absolute atomic E-state index is 9.89. The van der Waals surface area contributed by atoms with Crippen LogP contribution < -0.4 is 20.1 Å². The standard InChI is InChI=1S/2BFO2.Co.Ni/c2*2-1(3)4;;/q2*-2;2*+2. The molecule has 0 aromatic carbocycles. The predicted molar refractivity (Wildman–Crippen MR) is 13.7 cm³/mol. The van der Waals surface area contributed by atoms with Crippen molar-refractivity contribution in [3.05, 3.63) is 0 Å². The van der Waals surface area contributed by atoms with E-state index in [2.05, 4.69) is 0 Å². The van der Waals surface area contributed by atoms with Gasteiger partial charge in [-0.25, -0.2) is 0 Å². The predicted octanol–water partition coefficient (Wildman–Crippen LogP) is -4.68. The third kappa shape index (κ3) is 786. The molecule has 0 bridgehead atoms. The first-order valence-corrected chi connectivity index (χ1v) is 1.38. The van der Waals surface area contributed by atoms with Crippen molar-refractivity contribution in [2.24, 2.45) is 0 Å². The Morgan fingerprint density at radius 3 is 0.800 bits per heavy atom. The summed E-state index contributed by atoms with van der Waals surface area (Å²) in [5.74, 6) is 0. The normalized spacial score (nSPS) is 5.40. The zero-order valence-electron chi connectivity index (χ0n) is 4.19. The summed E-state index contributed by atoms with van der Waals surface area (Å²) >= 11 is 0. The molecule has 10 heavy (non-hydrogen) atoms. The fraction of sp³-hybridized carbons (Fsp3) is 0. The summed E-state index contributed by atoms with van der Waals surface area (Å²) in [7, 11) is -6.33. The maximum Gasteiger partial charge on any atom is 2.00 e. The minimum absolute atomic E-state index is 0. The van der Waals surface area contributed by atoms with Gasteiger partial charge in [0, 0.05) is 0 Å². The Morgan fingerprint density at radius 2 is 0.800 bits per heavy atom. The van der Waals surface area contributed by atoms with Crippen LogP contribution in [0.25, 0.3) is 0 Å². The second-order valence-corrected chi connectivity index (χ2v) is 0.549. The first-order valence-electron chi connectivity index (χ1n) is 1.38. The van der Waals surface area contributed by atoms with E-state index in [0.29, 0.717) is 0 Å². The van der Waals surface area contributed by atoms with E-state index in [1.54, 1.807) is 0 Å². The van der Waals surface area contributed by atoms with E-state index in [9.17, 15) is 8.63 Å². The van der Waals surface area contributed by atoms with Crippen molar-refractivity contribution in [3.63, 3.8) is 0 Å². The molecule has 0 aliphatic carbocycles. The van der Waals surface area contributed by atoms with Gasteiger partial charge in [0.1, 0.15) is 14.8 Å². The largest absolute Gasteiger partial charge is 2.00 e. The van der Waals surface area contributed by atoms with Gasteiger partial charge in [-0.2, -0.15) is 0 Å². The Labute approximate surface area is 77.1 Å². The number of rotatable bonds is 0. The van der Waals surface area contributed by atoms with Gasteiger partial charge in [-0.3, -0.25) is 0 Å². The maximum atomic E-state index is 9.89. The molecule has 0 amide bonds. The van der Waals surface area contributed by atoms with Gasteiger partial charge in [0.25, 0.3) is 0 Å². The third-order valence-corrected chi connectivity index (χ3v) is 0. The van der Waals surface area contributed by atoms with Crippen LogP contribution in [0.4, 0.5) is 8.63 Å². The summed E-state index contributed by atoms with van der Waals surface area (Å²) < 4.78 is 19.8. The zero-order chi connectivity index (χ0) is 7.15. The molecular weight excluding hydrogens is 241 g/mol. The smallest absolute Gasteiger partial charge is 0.867 e. The molecule has 0 aliphatic rings. The second-order valence-electron chi connectivity index (χ2n) is 0.549. The number of halogens is 2. The van der Waals surface area contributed by atoms with Crippen molar-refractivity contribution in [2.75, 3.05) is 0 Å². The first-order chi connectivity index (χ1) is 3.46. The summed E-state index contributed by atoms with van der Waals surface area (Å²) in [4.78, 5) is 0. The van der Waals surface area contributed by atoms with Crippen LogP contribution in [0.15, 0.2) is 0 Å². The SMILES string of the molecule is [Co+2].[Ni+2].[O-]B([O-])F.[O-]B([O-])F. The molecule has 0 N–H and O–H groups in total. The van der Waals surface area contributed by atoms with E-state index >= 15 is 0 Å². The summed E-state index contributed by atoms with van der Waals surface area (Å²) in [6.45, 7) is 0. The van der Waals surface area contributed by atoms with Crippen LogP contribution >= 0.6 is 0 Å². The molecule has 0 aromatic heterocycles. The van der Waals surface area contributed by atoms with Crippen LogP contribution in [-0.4, -0.2) is 14.8 Å². The van der Waals surface area contributed by atoms with Crippen LogP contribution in [-0.2, 0) is 33.3 Å². The van der Waals surface area contributed by atoms with Gasteiger partial charge in [0.15, 0.2) is 0 Å².